The molecule has 0 aromatic carbocycles. The van der Waals surface area contributed by atoms with Crippen LogP contribution in [0, 0.1) is 0 Å². The van der Waals surface area contributed by atoms with Crippen LogP contribution in [0.1, 0.15) is 42.0 Å². The Hall–Kier alpha value is -3.23. The molecule has 0 unspecified atom stereocenters. The second kappa shape index (κ2) is 12.2. The Balaban J connectivity index is 0.000000466. The fourth-order valence-corrected chi connectivity index (χ4v) is 1.85. The molecular formula is C18H23FN2O6. The normalized spacial score (nSPS) is 9.78. The first-order valence-corrected chi connectivity index (χ1v) is 7.64. The maximum Gasteiger partial charge on any atom is 0.338 e. The van der Waals surface area contributed by atoms with Crippen molar-refractivity contribution in [2.45, 2.75) is 19.9 Å². The van der Waals surface area contributed by atoms with Crippen LogP contribution in [0.15, 0.2) is 46.2 Å². The van der Waals surface area contributed by atoms with Gasteiger partial charge in [-0.1, -0.05) is 0 Å². The van der Waals surface area contributed by atoms with E-state index in [1.807, 2.05) is 13.8 Å². The van der Waals surface area contributed by atoms with Crippen LogP contribution in [-0.4, -0.2) is 42.9 Å². The summed E-state index contributed by atoms with van der Waals surface area (Å²) in [6.45, 7) is 3.80. The molecule has 2 aromatic rings. The van der Waals surface area contributed by atoms with Crippen LogP contribution in [-0.2, 0) is 9.47 Å². The minimum absolute atomic E-state index is 0.0918. The van der Waals surface area contributed by atoms with Crippen molar-refractivity contribution in [2.75, 3.05) is 21.4 Å². The number of methoxy groups -OCH3 is 2. The van der Waals surface area contributed by atoms with Gasteiger partial charge in [-0.15, -0.1) is 0 Å². The van der Waals surface area contributed by atoms with Crippen LogP contribution in [0.25, 0.3) is 0 Å². The molecular weight excluding hydrogens is 359 g/mol. The molecule has 0 saturated heterocycles. The van der Waals surface area contributed by atoms with E-state index in [-0.39, 0.29) is 28.3 Å². The van der Waals surface area contributed by atoms with Crippen LogP contribution in [0.5, 0.6) is 0 Å². The number of aromatic amines is 1. The number of rotatable bonds is 3. The van der Waals surface area contributed by atoms with Gasteiger partial charge < -0.3 is 19.0 Å². The number of nitrogens with one attached hydrogen (secondary N) is 1. The number of pyridine rings is 2. The van der Waals surface area contributed by atoms with Gasteiger partial charge in [0.05, 0.1) is 33.9 Å². The van der Waals surface area contributed by atoms with E-state index in [4.69, 9.17) is 1.37 Å². The Labute approximate surface area is 157 Å². The van der Waals surface area contributed by atoms with Crippen LogP contribution < -0.4 is 11.1 Å². The summed E-state index contributed by atoms with van der Waals surface area (Å²) in [6, 6.07) is 5.62. The molecule has 0 aliphatic heterocycles. The Morgan fingerprint density at radius 1 is 1.11 bits per heavy atom. The summed E-state index contributed by atoms with van der Waals surface area (Å²) in [4.78, 5) is 46.4. The first-order valence-electron chi connectivity index (χ1n) is 8.35. The van der Waals surface area contributed by atoms with Crippen LogP contribution in [0.3, 0.4) is 0 Å². The summed E-state index contributed by atoms with van der Waals surface area (Å²) in [7, 11) is 1.56. The molecule has 2 rings (SSSR count). The molecule has 0 aliphatic carbocycles. The fourth-order valence-electron chi connectivity index (χ4n) is 1.85. The molecule has 0 fully saturated rings. The van der Waals surface area contributed by atoms with Crippen molar-refractivity contribution < 1.29 is 24.8 Å². The van der Waals surface area contributed by atoms with Crippen molar-refractivity contribution in [1.82, 2.24) is 9.55 Å². The van der Waals surface area contributed by atoms with E-state index in [0.29, 0.717) is 0 Å². The van der Waals surface area contributed by atoms with E-state index in [0.717, 1.165) is 0 Å². The first-order chi connectivity index (χ1) is 13.2. The maximum atomic E-state index is 11.5. The Bertz CT molecular complexity index is 879. The predicted molar refractivity (Wildman–Crippen MR) is 97.9 cm³/mol. The first kappa shape index (κ1) is 21.8. The van der Waals surface area contributed by atoms with Gasteiger partial charge in [0.2, 0.25) is 5.56 Å². The average Bonchev–Trinajstić information content (AvgIpc) is 2.67. The topological polar surface area (TPSA) is 107 Å². The quantitative estimate of drug-likeness (QED) is 0.812. The highest BCUT2D eigenvalue weighted by atomic mass is 19.1. The molecule has 0 atom stereocenters. The Kier molecular flexibility index (Phi) is 9.84. The van der Waals surface area contributed by atoms with Crippen molar-refractivity contribution >= 4 is 11.9 Å². The van der Waals surface area contributed by atoms with Gasteiger partial charge in [0.15, 0.2) is 0 Å². The Morgan fingerprint density at radius 3 is 2.04 bits per heavy atom. The van der Waals surface area contributed by atoms with E-state index in [9.17, 15) is 23.6 Å². The molecule has 27 heavy (non-hydrogen) atoms. The van der Waals surface area contributed by atoms with E-state index in [1.54, 1.807) is 16.8 Å². The number of hydrogen-bond donors (Lipinski definition) is 1. The third-order valence-corrected chi connectivity index (χ3v) is 3.12. The molecule has 8 nitrogen and oxygen atoms in total. The summed E-state index contributed by atoms with van der Waals surface area (Å²) >= 11 is 0. The van der Waals surface area contributed by atoms with Gasteiger partial charge in [-0.2, -0.15) is 0 Å². The summed E-state index contributed by atoms with van der Waals surface area (Å²) < 4.78 is 26.0. The minimum Gasteiger partial charge on any atom is -0.465 e. The van der Waals surface area contributed by atoms with Crippen LogP contribution in [0.2, 0.25) is 0 Å². The number of alkyl halides is 1. The predicted octanol–water partition coefficient (Wildman–Crippen LogP) is 1.96. The van der Waals surface area contributed by atoms with E-state index >= 15 is 0 Å². The monoisotopic (exact) mass is 383 g/mol. The largest absolute Gasteiger partial charge is 0.465 e. The molecule has 0 aliphatic rings. The lowest BCUT2D eigenvalue weighted by Crippen LogP contribution is -2.22. The van der Waals surface area contributed by atoms with Crippen molar-refractivity contribution in [3.05, 3.63) is 68.5 Å². The standard InChI is InChI=1S/C10H13NO3.C7H7NO3.CH3F/c1-7(2)11-5-4-8(6-9(11)12)10(13)14-3;1-11-7(10)5-2-3-8-6(9)4-5;1-2/h4-7H,1-3H3;2-4H,1H3,(H,8,9);1H3/i;;1D. The van der Waals surface area contributed by atoms with Gasteiger partial charge in [0, 0.05) is 30.6 Å². The summed E-state index contributed by atoms with van der Waals surface area (Å²) in [5.41, 5.74) is 0.0430. The van der Waals surface area contributed by atoms with Gasteiger partial charge in [-0.25, -0.2) is 9.59 Å². The van der Waals surface area contributed by atoms with Gasteiger partial charge in [-0.3, -0.25) is 14.0 Å². The number of halogens is 1. The molecule has 1 N–H and O–H groups in total. The molecule has 0 radical (unpaired) electrons. The Morgan fingerprint density at radius 2 is 1.63 bits per heavy atom. The molecule has 2 aromatic heterocycles. The number of carbonyl (C=O) groups excluding carboxylic acids is 2. The second-order valence-corrected chi connectivity index (χ2v) is 5.18. The highest BCUT2D eigenvalue weighted by Crippen LogP contribution is 2.02. The zero-order chi connectivity index (χ0) is 21.7. The van der Waals surface area contributed by atoms with Crippen molar-refractivity contribution in [2.24, 2.45) is 0 Å². The van der Waals surface area contributed by atoms with Gasteiger partial charge in [-0.05, 0) is 26.0 Å². The van der Waals surface area contributed by atoms with Crippen molar-refractivity contribution in [3.8, 4) is 0 Å². The lowest BCUT2D eigenvalue weighted by molar-refractivity contribution is 0.0591. The summed E-state index contributed by atoms with van der Waals surface area (Å²) in [6.07, 6.45) is 2.99. The van der Waals surface area contributed by atoms with Gasteiger partial charge in [0.1, 0.15) is 0 Å². The smallest absolute Gasteiger partial charge is 0.338 e. The van der Waals surface area contributed by atoms with Gasteiger partial charge in [0.25, 0.3) is 5.56 Å². The van der Waals surface area contributed by atoms with E-state index in [1.165, 1.54) is 38.6 Å². The second-order valence-electron chi connectivity index (χ2n) is 5.18. The number of ether oxygens (including phenoxy) is 2. The van der Waals surface area contributed by atoms with Crippen molar-refractivity contribution in [1.29, 1.82) is 0 Å². The maximum absolute atomic E-state index is 11.5. The van der Waals surface area contributed by atoms with E-state index in [2.05, 4.69) is 14.5 Å². The number of carbonyl (C=O) groups is 2. The third-order valence-electron chi connectivity index (χ3n) is 3.12. The lowest BCUT2D eigenvalue weighted by Gasteiger charge is -2.09. The lowest BCUT2D eigenvalue weighted by atomic mass is 10.2. The highest BCUT2D eigenvalue weighted by Gasteiger charge is 2.08. The van der Waals surface area contributed by atoms with Crippen LogP contribution >= 0.6 is 0 Å². The number of nitrogens with zero attached hydrogens (tertiary/aromatic N) is 1. The number of hydrogen-bond acceptors (Lipinski definition) is 6. The van der Waals surface area contributed by atoms with E-state index < -0.39 is 19.1 Å². The molecule has 0 amide bonds. The highest BCUT2D eigenvalue weighted by molar-refractivity contribution is 5.89. The minimum atomic E-state index is -1.00. The number of H-pyrrole nitrogens is 1. The van der Waals surface area contributed by atoms with Crippen molar-refractivity contribution in [3.63, 3.8) is 0 Å². The zero-order valence-electron chi connectivity index (χ0n) is 16.5. The third kappa shape index (κ3) is 7.68. The fraction of sp³-hybridized carbons (Fsp3) is 0.333. The molecule has 0 saturated carbocycles. The summed E-state index contributed by atoms with van der Waals surface area (Å²) in [5.74, 6) is -0.992. The number of esters is 2. The number of aromatic nitrogens is 2. The van der Waals surface area contributed by atoms with Gasteiger partial charge >= 0.3 is 11.9 Å². The average molecular weight is 383 g/mol. The molecule has 148 valence electrons. The molecule has 2 heterocycles. The zero-order valence-corrected chi connectivity index (χ0v) is 15.5. The SMILES string of the molecule is COC(=O)c1cc[nH]c(=O)c1.COC(=O)c1ccn(C(C)C)c(=O)c1.[2H]CF. The molecule has 0 bridgehead atoms. The molecule has 9 heteroatoms. The summed E-state index contributed by atoms with van der Waals surface area (Å²) in [5, 5.41) is 0. The molecule has 0 spiro atoms. The van der Waals surface area contributed by atoms with Crippen LogP contribution in [0.4, 0.5) is 4.39 Å².